The third-order valence-corrected chi connectivity index (χ3v) is 4.85. The summed E-state index contributed by atoms with van der Waals surface area (Å²) in [5.74, 6) is -0.658. The lowest BCUT2D eigenvalue weighted by atomic mass is 10.00. The van der Waals surface area contributed by atoms with Gasteiger partial charge in [-0.15, -0.1) is 0 Å². The molecule has 1 atom stereocenters. The quantitative estimate of drug-likeness (QED) is 0.538. The zero-order valence-corrected chi connectivity index (χ0v) is 17.3. The van der Waals surface area contributed by atoms with E-state index in [0.717, 1.165) is 28.1 Å². The number of esters is 1. The molecule has 0 fully saturated rings. The summed E-state index contributed by atoms with van der Waals surface area (Å²) in [6.45, 7) is 11.9. The summed E-state index contributed by atoms with van der Waals surface area (Å²) in [7, 11) is 1.66. The lowest BCUT2D eigenvalue weighted by Gasteiger charge is -2.17. The second-order valence-electron chi connectivity index (χ2n) is 7.23. The number of benzene rings is 1. The molecular formula is C22H29NO4. The molecule has 0 aliphatic heterocycles. The number of carbonyl (C=O) groups is 2. The Balaban J connectivity index is 2.15. The average molecular weight is 371 g/mol. The number of aromatic nitrogens is 1. The lowest BCUT2D eigenvalue weighted by Crippen LogP contribution is -2.18. The highest BCUT2D eigenvalue weighted by molar-refractivity contribution is 6.01. The second kappa shape index (κ2) is 8.53. The Bertz CT molecular complexity index is 840. The van der Waals surface area contributed by atoms with Crippen LogP contribution in [0.3, 0.4) is 0 Å². The number of aryl methyl sites for hydroxylation is 4. The molecule has 1 aromatic carbocycles. The summed E-state index contributed by atoms with van der Waals surface area (Å²) in [6, 6.07) is 5.85. The van der Waals surface area contributed by atoms with Gasteiger partial charge in [-0.25, -0.2) is 4.79 Å². The first-order valence-electron chi connectivity index (χ1n) is 9.12. The number of Topliss-reactive ketones (excluding diaryl/α,β-unsaturated/α-hetero) is 1. The topological polar surface area (TPSA) is 57.5 Å². The summed E-state index contributed by atoms with van der Waals surface area (Å²) in [4.78, 5) is 25.1. The molecule has 0 spiro atoms. The fraction of sp³-hybridized carbons (Fsp3) is 0.455. The van der Waals surface area contributed by atoms with Gasteiger partial charge in [-0.05, 0) is 58.7 Å². The van der Waals surface area contributed by atoms with Gasteiger partial charge < -0.3 is 14.0 Å². The predicted molar refractivity (Wildman–Crippen MR) is 106 cm³/mol. The van der Waals surface area contributed by atoms with Crippen molar-refractivity contribution in [2.75, 3.05) is 20.3 Å². The molecule has 0 saturated heterocycles. The zero-order valence-electron chi connectivity index (χ0n) is 17.3. The number of nitrogens with zero attached hydrogens (tertiary/aromatic N) is 1. The van der Waals surface area contributed by atoms with Gasteiger partial charge >= 0.3 is 5.97 Å². The van der Waals surface area contributed by atoms with Gasteiger partial charge in [0.15, 0.2) is 6.61 Å². The summed E-state index contributed by atoms with van der Waals surface area (Å²) in [6.07, 6.45) is 0. The number of ether oxygens (including phenoxy) is 2. The van der Waals surface area contributed by atoms with Gasteiger partial charge in [0.25, 0.3) is 0 Å². The van der Waals surface area contributed by atoms with E-state index in [0.29, 0.717) is 17.7 Å². The van der Waals surface area contributed by atoms with Crippen molar-refractivity contribution in [2.45, 2.75) is 47.6 Å². The normalized spacial score (nSPS) is 12.1. The first-order valence-corrected chi connectivity index (χ1v) is 9.12. The van der Waals surface area contributed by atoms with Crippen LogP contribution >= 0.6 is 0 Å². The zero-order chi connectivity index (χ0) is 20.3. The minimum atomic E-state index is -0.458. The highest BCUT2D eigenvalue weighted by Crippen LogP contribution is 2.22. The number of methoxy groups -OCH3 is 1. The maximum absolute atomic E-state index is 12.6. The lowest BCUT2D eigenvalue weighted by molar-refractivity contribution is 0.0473. The Morgan fingerprint density at radius 1 is 1.04 bits per heavy atom. The van der Waals surface area contributed by atoms with Gasteiger partial charge in [0.05, 0.1) is 18.2 Å². The van der Waals surface area contributed by atoms with Crippen LogP contribution in [-0.4, -0.2) is 36.6 Å². The molecule has 0 aliphatic carbocycles. The van der Waals surface area contributed by atoms with E-state index in [9.17, 15) is 9.59 Å². The standard InChI is InChI=1S/C22H29NO4/c1-13-8-14(2)21(15(3)9-13)22(25)27-12-20(24)19-10-16(4)23(18(19)6)17(5)11-26-7/h8-10,17H,11-12H2,1-7H3. The Morgan fingerprint density at radius 3 is 2.19 bits per heavy atom. The van der Waals surface area contributed by atoms with Crippen LogP contribution in [0.1, 0.15) is 61.8 Å². The molecule has 2 aromatic rings. The van der Waals surface area contributed by atoms with Crippen LogP contribution in [0.2, 0.25) is 0 Å². The number of rotatable bonds is 7. The maximum atomic E-state index is 12.6. The van der Waals surface area contributed by atoms with Crippen LogP contribution in [0.15, 0.2) is 18.2 Å². The maximum Gasteiger partial charge on any atom is 0.339 e. The average Bonchev–Trinajstić information content (AvgIpc) is 2.86. The number of carbonyl (C=O) groups excluding carboxylic acids is 2. The van der Waals surface area contributed by atoms with Gasteiger partial charge in [-0.1, -0.05) is 17.7 Å². The van der Waals surface area contributed by atoms with Gasteiger partial charge in [0.1, 0.15) is 0 Å². The fourth-order valence-corrected chi connectivity index (χ4v) is 3.84. The van der Waals surface area contributed by atoms with E-state index >= 15 is 0 Å². The fourth-order valence-electron chi connectivity index (χ4n) is 3.84. The van der Waals surface area contributed by atoms with Gasteiger partial charge in [0, 0.05) is 24.1 Å². The van der Waals surface area contributed by atoms with E-state index < -0.39 is 5.97 Å². The van der Waals surface area contributed by atoms with Crippen LogP contribution < -0.4 is 0 Å². The Hall–Kier alpha value is -2.40. The second-order valence-corrected chi connectivity index (χ2v) is 7.23. The summed E-state index contributed by atoms with van der Waals surface area (Å²) in [5, 5.41) is 0. The first kappa shape index (κ1) is 20.9. The van der Waals surface area contributed by atoms with Crippen LogP contribution in [0, 0.1) is 34.6 Å². The van der Waals surface area contributed by atoms with Gasteiger partial charge in [0.2, 0.25) is 5.78 Å². The van der Waals surface area contributed by atoms with E-state index in [2.05, 4.69) is 4.57 Å². The first-order chi connectivity index (χ1) is 12.7. The van der Waals surface area contributed by atoms with Crippen molar-refractivity contribution < 1.29 is 19.1 Å². The highest BCUT2D eigenvalue weighted by Gasteiger charge is 2.21. The van der Waals surface area contributed by atoms with Crippen molar-refractivity contribution in [3.05, 3.63) is 57.4 Å². The van der Waals surface area contributed by atoms with E-state index in [4.69, 9.17) is 9.47 Å². The van der Waals surface area contributed by atoms with E-state index in [1.807, 2.05) is 59.7 Å². The molecule has 5 nitrogen and oxygen atoms in total. The number of ketones is 1. The van der Waals surface area contributed by atoms with Crippen molar-refractivity contribution >= 4 is 11.8 Å². The minimum Gasteiger partial charge on any atom is -0.454 e. The Labute approximate surface area is 161 Å². The predicted octanol–water partition coefficient (Wildman–Crippen LogP) is 4.28. The number of hydrogen-bond donors (Lipinski definition) is 0. The molecule has 1 aromatic heterocycles. The van der Waals surface area contributed by atoms with Crippen LogP contribution in [0.4, 0.5) is 0 Å². The van der Waals surface area contributed by atoms with Gasteiger partial charge in [-0.2, -0.15) is 0 Å². The summed E-state index contributed by atoms with van der Waals surface area (Å²) in [5.41, 5.74) is 5.77. The Morgan fingerprint density at radius 2 is 1.63 bits per heavy atom. The van der Waals surface area contributed by atoms with Crippen molar-refractivity contribution in [1.82, 2.24) is 4.57 Å². The molecule has 0 amide bonds. The molecule has 0 radical (unpaired) electrons. The highest BCUT2D eigenvalue weighted by atomic mass is 16.5. The van der Waals surface area contributed by atoms with E-state index in [-0.39, 0.29) is 18.4 Å². The number of hydrogen-bond acceptors (Lipinski definition) is 4. The Kier molecular flexibility index (Phi) is 6.60. The molecule has 2 rings (SSSR count). The third kappa shape index (κ3) is 4.48. The largest absolute Gasteiger partial charge is 0.454 e. The van der Waals surface area contributed by atoms with Crippen LogP contribution in [-0.2, 0) is 9.47 Å². The monoisotopic (exact) mass is 371 g/mol. The van der Waals surface area contributed by atoms with Crippen molar-refractivity contribution in [3.63, 3.8) is 0 Å². The summed E-state index contributed by atoms with van der Waals surface area (Å²) >= 11 is 0. The van der Waals surface area contributed by atoms with Crippen molar-refractivity contribution in [2.24, 2.45) is 0 Å². The molecular weight excluding hydrogens is 342 g/mol. The molecule has 0 bridgehead atoms. The molecule has 0 N–H and O–H groups in total. The van der Waals surface area contributed by atoms with Gasteiger partial charge in [-0.3, -0.25) is 4.79 Å². The molecule has 146 valence electrons. The summed E-state index contributed by atoms with van der Waals surface area (Å²) < 4.78 is 12.6. The molecule has 0 aliphatic rings. The third-order valence-electron chi connectivity index (χ3n) is 4.85. The SMILES string of the molecule is COCC(C)n1c(C)cc(C(=O)COC(=O)c2c(C)cc(C)cc2C)c1C. The van der Waals surface area contributed by atoms with Crippen molar-refractivity contribution in [3.8, 4) is 0 Å². The smallest absolute Gasteiger partial charge is 0.339 e. The molecule has 0 saturated carbocycles. The van der Waals surface area contributed by atoms with E-state index in [1.54, 1.807) is 7.11 Å². The minimum absolute atomic E-state index is 0.122. The van der Waals surface area contributed by atoms with Crippen molar-refractivity contribution in [1.29, 1.82) is 0 Å². The van der Waals surface area contributed by atoms with Crippen LogP contribution in [0.25, 0.3) is 0 Å². The van der Waals surface area contributed by atoms with E-state index in [1.165, 1.54) is 0 Å². The molecule has 1 unspecified atom stereocenters. The molecule has 27 heavy (non-hydrogen) atoms. The molecule has 5 heteroatoms. The molecule has 1 heterocycles. The van der Waals surface area contributed by atoms with Crippen LogP contribution in [0.5, 0.6) is 0 Å².